The third-order valence-electron chi connectivity index (χ3n) is 3.91. The second-order valence-electron chi connectivity index (χ2n) is 5.64. The minimum absolute atomic E-state index is 0.0398. The maximum atomic E-state index is 13.6. The van der Waals surface area contributed by atoms with Crippen LogP contribution in [0.4, 0.5) is 13.2 Å². The van der Waals surface area contributed by atoms with Crippen molar-refractivity contribution in [3.05, 3.63) is 69.7 Å². The van der Waals surface area contributed by atoms with Gasteiger partial charge < -0.3 is 5.11 Å². The zero-order chi connectivity index (χ0) is 19.1. The van der Waals surface area contributed by atoms with Crippen LogP contribution in [0.3, 0.4) is 0 Å². The van der Waals surface area contributed by atoms with Crippen molar-refractivity contribution in [1.82, 2.24) is 5.01 Å². The maximum Gasteiger partial charge on any atom is 0.438 e. The highest BCUT2D eigenvalue weighted by Crippen LogP contribution is 2.42. The lowest BCUT2D eigenvalue weighted by Crippen LogP contribution is -2.56. The first-order chi connectivity index (χ1) is 12.1. The zero-order valence-electron chi connectivity index (χ0n) is 13.0. The van der Waals surface area contributed by atoms with E-state index in [0.717, 1.165) is 0 Å². The molecule has 0 saturated carbocycles. The van der Waals surface area contributed by atoms with E-state index in [1.54, 1.807) is 0 Å². The normalized spacial score (nSPS) is 20.2. The van der Waals surface area contributed by atoms with Crippen LogP contribution in [-0.2, 0) is 0 Å². The standard InChI is InChI=1S/C17H11Cl2F3N2O2/c18-11-7-5-10(6-8-11)14-9-16(26,17(20,21)22)24(23-14)15(25)12-3-1-2-4-13(12)19/h1-8,26H,9H2/t16-/m0/s1. The molecular weight excluding hydrogens is 392 g/mol. The topological polar surface area (TPSA) is 52.9 Å². The number of hydrogen-bond donors (Lipinski definition) is 1. The predicted molar refractivity (Wildman–Crippen MR) is 91.2 cm³/mol. The van der Waals surface area contributed by atoms with Crippen molar-refractivity contribution < 1.29 is 23.1 Å². The number of alkyl halides is 3. The summed E-state index contributed by atoms with van der Waals surface area (Å²) >= 11 is 11.7. The number of carbonyl (C=O) groups is 1. The molecule has 3 rings (SSSR count). The minimum Gasteiger partial charge on any atom is -0.362 e. The van der Waals surface area contributed by atoms with Gasteiger partial charge in [0.1, 0.15) is 0 Å². The van der Waals surface area contributed by atoms with Gasteiger partial charge in [-0.05, 0) is 29.8 Å². The highest BCUT2D eigenvalue weighted by Gasteiger charge is 2.63. The van der Waals surface area contributed by atoms with E-state index in [4.69, 9.17) is 23.2 Å². The molecule has 0 saturated heterocycles. The van der Waals surface area contributed by atoms with Crippen LogP contribution in [0.2, 0.25) is 10.0 Å². The summed E-state index contributed by atoms with van der Waals surface area (Å²) in [6, 6.07) is 11.5. The van der Waals surface area contributed by atoms with Crippen LogP contribution in [0.1, 0.15) is 22.3 Å². The Bertz CT molecular complexity index is 884. The summed E-state index contributed by atoms with van der Waals surface area (Å²) in [5, 5.41) is 14.4. The lowest BCUT2D eigenvalue weighted by Gasteiger charge is -2.32. The van der Waals surface area contributed by atoms with Crippen molar-refractivity contribution in [2.75, 3.05) is 0 Å². The van der Waals surface area contributed by atoms with E-state index in [1.807, 2.05) is 0 Å². The summed E-state index contributed by atoms with van der Waals surface area (Å²) < 4.78 is 40.7. The first-order valence-corrected chi connectivity index (χ1v) is 8.11. The van der Waals surface area contributed by atoms with E-state index in [0.29, 0.717) is 10.6 Å². The number of aliphatic hydroxyl groups is 1. The predicted octanol–water partition coefficient (Wildman–Crippen LogP) is 4.49. The lowest BCUT2D eigenvalue weighted by atomic mass is 10.0. The highest BCUT2D eigenvalue weighted by atomic mass is 35.5. The first-order valence-electron chi connectivity index (χ1n) is 7.35. The number of benzene rings is 2. The van der Waals surface area contributed by atoms with Gasteiger partial charge in [0.25, 0.3) is 11.6 Å². The lowest BCUT2D eigenvalue weighted by molar-refractivity contribution is -0.297. The van der Waals surface area contributed by atoms with E-state index in [-0.39, 0.29) is 21.3 Å². The molecule has 0 fully saturated rings. The van der Waals surface area contributed by atoms with Gasteiger partial charge in [0.05, 0.1) is 22.7 Å². The number of hydrogen-bond acceptors (Lipinski definition) is 3. The van der Waals surface area contributed by atoms with E-state index in [2.05, 4.69) is 5.10 Å². The minimum atomic E-state index is -5.12. The Morgan fingerprint density at radius 2 is 1.73 bits per heavy atom. The van der Waals surface area contributed by atoms with Crippen LogP contribution in [0.5, 0.6) is 0 Å². The van der Waals surface area contributed by atoms with E-state index >= 15 is 0 Å². The Labute approximate surface area is 156 Å². The second-order valence-corrected chi connectivity index (χ2v) is 6.49. The molecule has 1 N–H and O–H groups in total. The van der Waals surface area contributed by atoms with Crippen molar-refractivity contribution in [2.45, 2.75) is 18.3 Å². The van der Waals surface area contributed by atoms with Crippen molar-refractivity contribution in [2.24, 2.45) is 5.10 Å². The fourth-order valence-electron chi connectivity index (χ4n) is 2.53. The van der Waals surface area contributed by atoms with Crippen LogP contribution in [0.25, 0.3) is 0 Å². The molecule has 1 amide bonds. The molecule has 26 heavy (non-hydrogen) atoms. The van der Waals surface area contributed by atoms with Gasteiger partial charge >= 0.3 is 6.18 Å². The summed E-state index contributed by atoms with van der Waals surface area (Å²) in [6.45, 7) is 0. The van der Waals surface area contributed by atoms with Crippen LogP contribution in [-0.4, -0.2) is 33.6 Å². The van der Waals surface area contributed by atoms with Crippen molar-refractivity contribution in [3.8, 4) is 0 Å². The number of nitrogens with zero attached hydrogens (tertiary/aromatic N) is 2. The van der Waals surface area contributed by atoms with Gasteiger partial charge in [-0.1, -0.05) is 47.5 Å². The molecule has 4 nitrogen and oxygen atoms in total. The highest BCUT2D eigenvalue weighted by molar-refractivity contribution is 6.34. The van der Waals surface area contributed by atoms with Gasteiger partial charge in [0.15, 0.2) is 0 Å². The van der Waals surface area contributed by atoms with Gasteiger partial charge in [0.2, 0.25) is 0 Å². The van der Waals surface area contributed by atoms with Crippen LogP contribution in [0, 0.1) is 0 Å². The Kier molecular flexibility index (Phi) is 4.72. The largest absolute Gasteiger partial charge is 0.438 e. The van der Waals surface area contributed by atoms with Crippen LogP contribution >= 0.6 is 23.2 Å². The van der Waals surface area contributed by atoms with Crippen molar-refractivity contribution in [3.63, 3.8) is 0 Å². The molecule has 0 unspecified atom stereocenters. The molecule has 0 radical (unpaired) electrons. The van der Waals surface area contributed by atoms with Gasteiger partial charge in [0, 0.05) is 5.02 Å². The summed E-state index contributed by atoms with van der Waals surface area (Å²) in [6.07, 6.45) is -6.03. The molecule has 9 heteroatoms. The zero-order valence-corrected chi connectivity index (χ0v) is 14.5. The molecule has 1 atom stereocenters. The van der Waals surface area contributed by atoms with E-state index in [1.165, 1.54) is 48.5 Å². The summed E-state index contributed by atoms with van der Waals surface area (Å²) in [7, 11) is 0. The molecular formula is C17H11Cl2F3N2O2. The molecule has 0 aliphatic carbocycles. The molecule has 1 aliphatic rings. The van der Waals surface area contributed by atoms with Gasteiger partial charge in [-0.25, -0.2) is 0 Å². The molecule has 1 heterocycles. The molecule has 1 aliphatic heterocycles. The average molecular weight is 403 g/mol. The smallest absolute Gasteiger partial charge is 0.362 e. The van der Waals surface area contributed by atoms with Crippen molar-refractivity contribution >= 4 is 34.8 Å². The summed E-state index contributed by atoms with van der Waals surface area (Å²) in [4.78, 5) is 12.6. The Morgan fingerprint density at radius 3 is 2.31 bits per heavy atom. The monoisotopic (exact) mass is 402 g/mol. The third kappa shape index (κ3) is 3.18. The summed E-state index contributed by atoms with van der Waals surface area (Å²) in [5.74, 6) is -1.15. The molecule has 2 aromatic carbocycles. The van der Waals surface area contributed by atoms with Crippen LogP contribution < -0.4 is 0 Å². The second kappa shape index (κ2) is 6.57. The van der Waals surface area contributed by atoms with E-state index in [9.17, 15) is 23.1 Å². The quantitative estimate of drug-likeness (QED) is 0.803. The average Bonchev–Trinajstić information content (AvgIpc) is 2.94. The maximum absolute atomic E-state index is 13.6. The third-order valence-corrected chi connectivity index (χ3v) is 4.49. The fraction of sp³-hybridized carbons (Fsp3) is 0.176. The number of carbonyl (C=O) groups excluding carboxylic acids is 1. The SMILES string of the molecule is O=C(c1ccccc1Cl)N1N=C(c2ccc(Cl)cc2)C[C@]1(O)C(F)(F)F. The number of rotatable bonds is 2. The molecule has 136 valence electrons. The van der Waals surface area contributed by atoms with Gasteiger partial charge in [-0.2, -0.15) is 23.3 Å². The number of halogens is 5. The molecule has 0 bridgehead atoms. The summed E-state index contributed by atoms with van der Waals surface area (Å²) in [5.41, 5.74) is -3.45. The van der Waals surface area contributed by atoms with E-state index < -0.39 is 24.2 Å². The van der Waals surface area contributed by atoms with Crippen LogP contribution in [0.15, 0.2) is 53.6 Å². The van der Waals surface area contributed by atoms with Gasteiger partial charge in [-0.3, -0.25) is 4.79 Å². The fourth-order valence-corrected chi connectivity index (χ4v) is 2.87. The molecule has 0 spiro atoms. The Hall–Kier alpha value is -2.09. The molecule has 2 aromatic rings. The number of amides is 1. The Balaban J connectivity index is 2.07. The number of hydrazone groups is 1. The first kappa shape index (κ1) is 18.7. The van der Waals surface area contributed by atoms with Gasteiger partial charge in [-0.15, -0.1) is 0 Å². The van der Waals surface area contributed by atoms with Crippen molar-refractivity contribution in [1.29, 1.82) is 0 Å². The molecule has 0 aromatic heterocycles. The Morgan fingerprint density at radius 1 is 1.12 bits per heavy atom.